The maximum atomic E-state index is 12.2. The zero-order valence-electron chi connectivity index (χ0n) is 14.1. The average Bonchev–Trinajstić information content (AvgIpc) is 3.10. The Kier molecular flexibility index (Phi) is 5.56. The van der Waals surface area contributed by atoms with Crippen LogP contribution in [0.1, 0.15) is 24.7 Å². The molecule has 0 aliphatic rings. The number of anilines is 1. The Morgan fingerprint density at radius 1 is 1.04 bits per heavy atom. The van der Waals surface area contributed by atoms with Gasteiger partial charge in [-0.05, 0) is 54.4 Å². The van der Waals surface area contributed by atoms with E-state index in [-0.39, 0.29) is 5.91 Å². The van der Waals surface area contributed by atoms with Crippen molar-refractivity contribution in [1.29, 1.82) is 0 Å². The SMILES string of the molecule is CCc1ccccc1NC(=O)CCc1ccc(-c2ccc(Cl)cc2)o1. The summed E-state index contributed by atoms with van der Waals surface area (Å²) in [6, 6.07) is 19.2. The van der Waals surface area contributed by atoms with Crippen molar-refractivity contribution < 1.29 is 9.21 Å². The lowest BCUT2D eigenvalue weighted by molar-refractivity contribution is -0.116. The van der Waals surface area contributed by atoms with Gasteiger partial charge < -0.3 is 9.73 Å². The summed E-state index contributed by atoms with van der Waals surface area (Å²) in [6.07, 6.45) is 1.83. The molecule has 1 heterocycles. The molecule has 3 rings (SSSR count). The summed E-state index contributed by atoms with van der Waals surface area (Å²) in [5.74, 6) is 1.57. The molecule has 0 saturated heterocycles. The van der Waals surface area contributed by atoms with Crippen LogP contribution < -0.4 is 5.32 Å². The maximum absolute atomic E-state index is 12.2. The van der Waals surface area contributed by atoms with Gasteiger partial charge in [0.25, 0.3) is 0 Å². The first kappa shape index (κ1) is 17.3. The van der Waals surface area contributed by atoms with Crippen molar-refractivity contribution in [2.45, 2.75) is 26.2 Å². The van der Waals surface area contributed by atoms with E-state index in [1.807, 2.05) is 60.7 Å². The third kappa shape index (κ3) is 4.52. The third-order valence-electron chi connectivity index (χ3n) is 4.06. The van der Waals surface area contributed by atoms with Crippen molar-refractivity contribution in [3.63, 3.8) is 0 Å². The lowest BCUT2D eigenvalue weighted by Gasteiger charge is -2.09. The maximum Gasteiger partial charge on any atom is 0.224 e. The Bertz CT molecular complexity index is 852. The molecule has 4 heteroatoms. The van der Waals surface area contributed by atoms with Gasteiger partial charge in [-0.2, -0.15) is 0 Å². The van der Waals surface area contributed by atoms with Gasteiger partial charge in [-0.15, -0.1) is 0 Å². The van der Waals surface area contributed by atoms with Crippen LogP contribution in [-0.2, 0) is 17.6 Å². The fourth-order valence-corrected chi connectivity index (χ4v) is 2.81. The number of para-hydroxylation sites is 1. The minimum atomic E-state index is -0.00894. The highest BCUT2D eigenvalue weighted by atomic mass is 35.5. The van der Waals surface area contributed by atoms with Crippen molar-refractivity contribution in [1.82, 2.24) is 0 Å². The molecular weight excluding hydrogens is 334 g/mol. The number of furan rings is 1. The first-order chi connectivity index (χ1) is 12.2. The van der Waals surface area contributed by atoms with E-state index >= 15 is 0 Å². The van der Waals surface area contributed by atoms with Crippen LogP contribution in [0.5, 0.6) is 0 Å². The zero-order valence-corrected chi connectivity index (χ0v) is 14.8. The topological polar surface area (TPSA) is 42.2 Å². The normalized spacial score (nSPS) is 10.6. The number of rotatable bonds is 6. The lowest BCUT2D eigenvalue weighted by atomic mass is 10.1. The molecule has 0 aliphatic heterocycles. The monoisotopic (exact) mass is 353 g/mol. The summed E-state index contributed by atoms with van der Waals surface area (Å²) in [5.41, 5.74) is 2.99. The average molecular weight is 354 g/mol. The van der Waals surface area contributed by atoms with Gasteiger partial charge in [-0.3, -0.25) is 4.79 Å². The summed E-state index contributed by atoms with van der Waals surface area (Å²) in [5, 5.41) is 3.68. The third-order valence-corrected chi connectivity index (χ3v) is 4.31. The van der Waals surface area contributed by atoms with Crippen LogP contribution in [-0.4, -0.2) is 5.91 Å². The fraction of sp³-hybridized carbons (Fsp3) is 0.190. The molecule has 1 N–H and O–H groups in total. The van der Waals surface area contributed by atoms with Crippen molar-refractivity contribution in [3.8, 4) is 11.3 Å². The van der Waals surface area contributed by atoms with E-state index in [1.165, 1.54) is 0 Å². The predicted octanol–water partition coefficient (Wildman–Crippen LogP) is 5.73. The highest BCUT2D eigenvalue weighted by Crippen LogP contribution is 2.24. The number of aryl methyl sites for hydroxylation is 2. The molecule has 0 saturated carbocycles. The summed E-state index contributed by atoms with van der Waals surface area (Å²) in [7, 11) is 0. The standard InChI is InChI=1S/C21H20ClNO2/c1-2-15-5-3-4-6-19(15)23-21(24)14-12-18-11-13-20(25-18)16-7-9-17(22)10-8-16/h3-11,13H,2,12,14H2,1H3,(H,23,24). The van der Waals surface area contributed by atoms with E-state index < -0.39 is 0 Å². The predicted molar refractivity (Wildman–Crippen MR) is 102 cm³/mol. The van der Waals surface area contributed by atoms with Crippen LogP contribution in [0.4, 0.5) is 5.69 Å². The quantitative estimate of drug-likeness (QED) is 0.614. The lowest BCUT2D eigenvalue weighted by Crippen LogP contribution is -2.13. The van der Waals surface area contributed by atoms with E-state index in [0.29, 0.717) is 17.9 Å². The van der Waals surface area contributed by atoms with Gasteiger partial charge in [-0.25, -0.2) is 0 Å². The van der Waals surface area contributed by atoms with Crippen molar-refractivity contribution in [3.05, 3.63) is 77.0 Å². The van der Waals surface area contributed by atoms with Gasteiger partial charge >= 0.3 is 0 Å². The highest BCUT2D eigenvalue weighted by molar-refractivity contribution is 6.30. The molecular formula is C21H20ClNO2. The summed E-state index contributed by atoms with van der Waals surface area (Å²) in [6.45, 7) is 2.08. The number of carbonyl (C=O) groups is 1. The van der Waals surface area contributed by atoms with Gasteiger partial charge in [0.1, 0.15) is 11.5 Å². The number of amides is 1. The second-order valence-electron chi connectivity index (χ2n) is 5.83. The molecule has 1 amide bonds. The first-order valence-corrected chi connectivity index (χ1v) is 8.76. The van der Waals surface area contributed by atoms with E-state index in [4.69, 9.17) is 16.0 Å². The number of nitrogens with one attached hydrogen (secondary N) is 1. The Labute approximate surface area is 152 Å². The Balaban J connectivity index is 1.58. The Morgan fingerprint density at radius 3 is 2.56 bits per heavy atom. The molecule has 3 nitrogen and oxygen atoms in total. The largest absolute Gasteiger partial charge is 0.461 e. The van der Waals surface area contributed by atoms with Gasteiger partial charge in [-0.1, -0.05) is 36.7 Å². The minimum absolute atomic E-state index is 0.00894. The summed E-state index contributed by atoms with van der Waals surface area (Å²) < 4.78 is 5.83. The number of halogens is 1. The van der Waals surface area contributed by atoms with Crippen LogP contribution in [0.15, 0.2) is 65.1 Å². The smallest absolute Gasteiger partial charge is 0.224 e. The molecule has 3 aromatic rings. The molecule has 1 aromatic heterocycles. The van der Waals surface area contributed by atoms with Gasteiger partial charge in [0, 0.05) is 29.1 Å². The summed E-state index contributed by atoms with van der Waals surface area (Å²) in [4.78, 5) is 12.2. The van der Waals surface area contributed by atoms with Crippen LogP contribution in [0.2, 0.25) is 5.02 Å². The van der Waals surface area contributed by atoms with Gasteiger partial charge in [0.15, 0.2) is 0 Å². The minimum Gasteiger partial charge on any atom is -0.461 e. The first-order valence-electron chi connectivity index (χ1n) is 8.38. The fourth-order valence-electron chi connectivity index (χ4n) is 2.68. The zero-order chi connectivity index (χ0) is 17.6. The van der Waals surface area contributed by atoms with Gasteiger partial charge in [0.05, 0.1) is 0 Å². The van der Waals surface area contributed by atoms with Crippen molar-refractivity contribution in [2.24, 2.45) is 0 Å². The van der Waals surface area contributed by atoms with E-state index in [2.05, 4.69) is 12.2 Å². The number of hydrogen-bond acceptors (Lipinski definition) is 2. The molecule has 0 atom stereocenters. The molecule has 2 aromatic carbocycles. The van der Waals surface area contributed by atoms with E-state index in [9.17, 15) is 4.79 Å². The molecule has 25 heavy (non-hydrogen) atoms. The van der Waals surface area contributed by atoms with Crippen LogP contribution in [0, 0.1) is 0 Å². The molecule has 0 fully saturated rings. The molecule has 128 valence electrons. The van der Waals surface area contributed by atoms with Gasteiger partial charge in [0.2, 0.25) is 5.91 Å². The van der Waals surface area contributed by atoms with Crippen molar-refractivity contribution in [2.75, 3.05) is 5.32 Å². The van der Waals surface area contributed by atoms with Crippen LogP contribution in [0.3, 0.4) is 0 Å². The Hall–Kier alpha value is -2.52. The molecule has 0 unspecified atom stereocenters. The number of hydrogen-bond donors (Lipinski definition) is 1. The molecule has 0 radical (unpaired) electrons. The highest BCUT2D eigenvalue weighted by Gasteiger charge is 2.09. The van der Waals surface area contributed by atoms with E-state index in [0.717, 1.165) is 34.8 Å². The Morgan fingerprint density at radius 2 is 1.80 bits per heavy atom. The van der Waals surface area contributed by atoms with E-state index in [1.54, 1.807) is 0 Å². The molecule has 0 aliphatic carbocycles. The molecule has 0 spiro atoms. The van der Waals surface area contributed by atoms with Crippen LogP contribution in [0.25, 0.3) is 11.3 Å². The number of carbonyl (C=O) groups excluding carboxylic acids is 1. The second-order valence-corrected chi connectivity index (χ2v) is 6.27. The molecule has 0 bridgehead atoms. The summed E-state index contributed by atoms with van der Waals surface area (Å²) >= 11 is 5.90. The van der Waals surface area contributed by atoms with Crippen molar-refractivity contribution >= 4 is 23.2 Å². The second kappa shape index (κ2) is 8.04. The number of benzene rings is 2. The van der Waals surface area contributed by atoms with Crippen LogP contribution >= 0.6 is 11.6 Å².